The third kappa shape index (κ3) is 5.34. The summed E-state index contributed by atoms with van der Waals surface area (Å²) < 4.78 is 34.0. The Balaban J connectivity index is 1.84. The van der Waals surface area contributed by atoms with Crippen molar-refractivity contribution in [2.24, 2.45) is 0 Å². The van der Waals surface area contributed by atoms with Crippen molar-refractivity contribution >= 4 is 23.3 Å². The van der Waals surface area contributed by atoms with Crippen LogP contribution in [0.3, 0.4) is 0 Å². The maximum atomic E-state index is 14.1. The van der Waals surface area contributed by atoms with E-state index >= 15 is 0 Å². The number of benzene rings is 3. The number of rotatable bonds is 8. The topological polar surface area (TPSA) is 83.9 Å². The fourth-order valence-electron chi connectivity index (χ4n) is 2.99. The molecule has 3 rings (SSSR count). The Kier molecular flexibility index (Phi) is 6.94. The number of carbonyl (C=O) groups excluding carboxylic acids is 2. The maximum absolute atomic E-state index is 14.1. The van der Waals surface area contributed by atoms with Crippen LogP contribution in [0.4, 0.5) is 14.5 Å². The lowest BCUT2D eigenvalue weighted by atomic mass is 10.1. The van der Waals surface area contributed by atoms with Crippen LogP contribution in [0.15, 0.2) is 66.7 Å². The van der Waals surface area contributed by atoms with Gasteiger partial charge in [-0.05, 0) is 48.9 Å². The van der Waals surface area contributed by atoms with Crippen molar-refractivity contribution in [3.8, 4) is 5.75 Å². The van der Waals surface area contributed by atoms with E-state index in [-0.39, 0.29) is 30.2 Å². The second-order valence-corrected chi connectivity index (χ2v) is 6.98. The summed E-state index contributed by atoms with van der Waals surface area (Å²) in [6, 6.07) is 15.4. The van der Waals surface area contributed by atoms with Crippen LogP contribution in [-0.4, -0.2) is 29.3 Å². The predicted molar refractivity (Wildman–Crippen MR) is 113 cm³/mol. The Labute approximate surface area is 182 Å². The SMILES string of the molecule is CC(=O)CN(C(=O)c1c(F)cccc1F)c1cccc(OCc2ccc(C(=O)O)cc2)c1. The van der Waals surface area contributed by atoms with E-state index in [2.05, 4.69) is 0 Å². The smallest absolute Gasteiger partial charge is 0.335 e. The maximum Gasteiger partial charge on any atom is 0.335 e. The molecule has 3 aromatic carbocycles. The van der Waals surface area contributed by atoms with Gasteiger partial charge in [-0.1, -0.05) is 24.3 Å². The molecule has 164 valence electrons. The highest BCUT2D eigenvalue weighted by Crippen LogP contribution is 2.25. The number of ether oxygens (including phenoxy) is 1. The van der Waals surface area contributed by atoms with Gasteiger partial charge in [0, 0.05) is 11.8 Å². The molecule has 0 aliphatic rings. The van der Waals surface area contributed by atoms with Gasteiger partial charge in [0.1, 0.15) is 35.3 Å². The molecule has 0 fully saturated rings. The second kappa shape index (κ2) is 9.82. The molecular formula is C24H19F2NO5. The van der Waals surface area contributed by atoms with Gasteiger partial charge in [0.2, 0.25) is 0 Å². The summed E-state index contributed by atoms with van der Waals surface area (Å²) in [7, 11) is 0. The molecule has 0 aliphatic heterocycles. The molecule has 0 saturated carbocycles. The van der Waals surface area contributed by atoms with Crippen LogP contribution < -0.4 is 9.64 Å². The monoisotopic (exact) mass is 439 g/mol. The van der Waals surface area contributed by atoms with Crippen LogP contribution in [0.25, 0.3) is 0 Å². The number of hydrogen-bond donors (Lipinski definition) is 1. The fraction of sp³-hybridized carbons (Fsp3) is 0.125. The van der Waals surface area contributed by atoms with Gasteiger partial charge < -0.3 is 14.7 Å². The Morgan fingerprint density at radius 1 is 0.938 bits per heavy atom. The summed E-state index contributed by atoms with van der Waals surface area (Å²) in [4.78, 5) is 36.6. The van der Waals surface area contributed by atoms with Crippen LogP contribution in [0.5, 0.6) is 5.75 Å². The van der Waals surface area contributed by atoms with Crippen LogP contribution in [0, 0.1) is 11.6 Å². The molecular weight excluding hydrogens is 420 g/mol. The molecule has 32 heavy (non-hydrogen) atoms. The van der Waals surface area contributed by atoms with E-state index in [1.54, 1.807) is 24.3 Å². The zero-order valence-corrected chi connectivity index (χ0v) is 17.0. The van der Waals surface area contributed by atoms with E-state index in [4.69, 9.17) is 9.84 Å². The van der Waals surface area contributed by atoms with E-state index < -0.39 is 29.1 Å². The number of amides is 1. The minimum atomic E-state index is -1.04. The first-order valence-corrected chi connectivity index (χ1v) is 9.56. The Bertz CT molecular complexity index is 1140. The minimum absolute atomic E-state index is 0.117. The van der Waals surface area contributed by atoms with Crippen molar-refractivity contribution in [3.63, 3.8) is 0 Å². The average Bonchev–Trinajstić information content (AvgIpc) is 2.76. The molecule has 8 heteroatoms. The van der Waals surface area contributed by atoms with Gasteiger partial charge in [0.15, 0.2) is 0 Å². The van der Waals surface area contributed by atoms with Gasteiger partial charge in [-0.2, -0.15) is 0 Å². The summed E-state index contributed by atoms with van der Waals surface area (Å²) in [5, 5.41) is 8.96. The first kappa shape index (κ1) is 22.6. The van der Waals surface area contributed by atoms with Crippen molar-refractivity contribution in [1.82, 2.24) is 0 Å². The fourth-order valence-corrected chi connectivity index (χ4v) is 2.99. The van der Waals surface area contributed by atoms with Crippen molar-refractivity contribution in [1.29, 1.82) is 0 Å². The highest BCUT2D eigenvalue weighted by molar-refractivity contribution is 6.09. The lowest BCUT2D eigenvalue weighted by Gasteiger charge is -2.23. The second-order valence-electron chi connectivity index (χ2n) is 6.98. The summed E-state index contributed by atoms with van der Waals surface area (Å²) in [6.45, 7) is 0.998. The number of halogens is 2. The number of aromatic carboxylic acids is 1. The normalized spacial score (nSPS) is 10.5. The molecule has 0 bridgehead atoms. The van der Waals surface area contributed by atoms with Crippen molar-refractivity contribution in [2.45, 2.75) is 13.5 Å². The van der Waals surface area contributed by atoms with Crippen molar-refractivity contribution in [3.05, 3.63) is 95.1 Å². The lowest BCUT2D eigenvalue weighted by molar-refractivity contribution is -0.115. The van der Waals surface area contributed by atoms with Crippen LogP contribution in [0.2, 0.25) is 0 Å². The highest BCUT2D eigenvalue weighted by atomic mass is 19.1. The van der Waals surface area contributed by atoms with E-state index in [9.17, 15) is 23.2 Å². The summed E-state index contributed by atoms with van der Waals surface area (Å²) in [6.07, 6.45) is 0. The van der Waals surface area contributed by atoms with Gasteiger partial charge >= 0.3 is 5.97 Å². The van der Waals surface area contributed by atoms with E-state index in [0.29, 0.717) is 11.3 Å². The third-order valence-corrected chi connectivity index (χ3v) is 4.54. The zero-order valence-electron chi connectivity index (χ0n) is 17.0. The van der Waals surface area contributed by atoms with Gasteiger partial charge in [-0.25, -0.2) is 13.6 Å². The molecule has 0 saturated heterocycles. The number of Topliss-reactive ketones (excluding diaryl/α,β-unsaturated/α-hetero) is 1. The first-order valence-electron chi connectivity index (χ1n) is 9.56. The third-order valence-electron chi connectivity index (χ3n) is 4.54. The van der Waals surface area contributed by atoms with E-state index in [1.165, 1.54) is 31.2 Å². The van der Waals surface area contributed by atoms with Crippen LogP contribution in [0.1, 0.15) is 33.2 Å². The number of ketones is 1. The molecule has 1 N–H and O–H groups in total. The molecule has 0 aliphatic carbocycles. The van der Waals surface area contributed by atoms with Gasteiger partial charge in [0.25, 0.3) is 5.91 Å². The van der Waals surface area contributed by atoms with Crippen molar-refractivity contribution < 1.29 is 33.0 Å². The van der Waals surface area contributed by atoms with Crippen LogP contribution in [-0.2, 0) is 11.4 Å². The number of carbonyl (C=O) groups is 3. The number of carboxylic acids is 1. The number of nitrogens with zero attached hydrogens (tertiary/aromatic N) is 1. The Morgan fingerprint density at radius 2 is 1.56 bits per heavy atom. The first-order chi connectivity index (χ1) is 15.3. The highest BCUT2D eigenvalue weighted by Gasteiger charge is 2.25. The van der Waals surface area contributed by atoms with Gasteiger partial charge in [-0.3, -0.25) is 9.59 Å². The molecule has 3 aromatic rings. The molecule has 0 heterocycles. The largest absolute Gasteiger partial charge is 0.489 e. The molecule has 0 radical (unpaired) electrons. The molecule has 0 unspecified atom stereocenters. The Hall–Kier alpha value is -4.07. The van der Waals surface area contributed by atoms with Crippen molar-refractivity contribution in [2.75, 3.05) is 11.4 Å². The minimum Gasteiger partial charge on any atom is -0.489 e. The van der Waals surface area contributed by atoms with Gasteiger partial charge in [0.05, 0.1) is 12.1 Å². The molecule has 0 aromatic heterocycles. The predicted octanol–water partition coefficient (Wildman–Crippen LogP) is 4.48. The average molecular weight is 439 g/mol. The quantitative estimate of drug-likeness (QED) is 0.560. The number of hydrogen-bond acceptors (Lipinski definition) is 4. The zero-order chi connectivity index (χ0) is 23.3. The number of anilines is 1. The Morgan fingerprint density at radius 3 is 2.16 bits per heavy atom. The molecule has 0 atom stereocenters. The molecule has 6 nitrogen and oxygen atoms in total. The van der Waals surface area contributed by atoms with E-state index in [1.807, 2.05) is 0 Å². The standard InChI is InChI=1S/C24H19F2NO5/c1-15(28)13-27(23(29)22-20(25)6-3-7-21(22)26)18-4-2-5-19(12-18)32-14-16-8-10-17(11-9-16)24(30)31/h2-12H,13-14H2,1H3,(H,30,31). The summed E-state index contributed by atoms with van der Waals surface area (Å²) in [5.41, 5.74) is 0.338. The lowest BCUT2D eigenvalue weighted by Crippen LogP contribution is -2.36. The summed E-state index contributed by atoms with van der Waals surface area (Å²) >= 11 is 0. The van der Waals surface area contributed by atoms with Gasteiger partial charge in [-0.15, -0.1) is 0 Å². The molecule has 0 spiro atoms. The van der Waals surface area contributed by atoms with Crippen LogP contribution >= 0.6 is 0 Å². The molecule has 1 amide bonds. The summed E-state index contributed by atoms with van der Waals surface area (Å²) in [5.74, 6) is -4.11. The number of carboxylic acid groups (broad SMARTS) is 1. The van der Waals surface area contributed by atoms with E-state index in [0.717, 1.165) is 23.1 Å².